The Morgan fingerprint density at radius 3 is 2.47 bits per heavy atom. The van der Waals surface area contributed by atoms with Gasteiger partial charge in [-0.2, -0.15) is 15.0 Å². The SMILES string of the molecule is COc1nc(Cl)nc(NCc2ccc(CO)cc2)n1. The van der Waals surface area contributed by atoms with E-state index >= 15 is 0 Å². The molecule has 0 fully saturated rings. The summed E-state index contributed by atoms with van der Waals surface area (Å²) in [5.41, 5.74) is 1.90. The van der Waals surface area contributed by atoms with Crippen LogP contribution >= 0.6 is 11.6 Å². The molecule has 0 radical (unpaired) electrons. The predicted molar refractivity (Wildman–Crippen MR) is 71.1 cm³/mol. The van der Waals surface area contributed by atoms with Crippen LogP contribution in [-0.4, -0.2) is 27.2 Å². The molecule has 2 N–H and O–H groups in total. The molecule has 0 unspecified atom stereocenters. The van der Waals surface area contributed by atoms with Gasteiger partial charge in [-0.3, -0.25) is 0 Å². The Morgan fingerprint density at radius 1 is 1.16 bits per heavy atom. The van der Waals surface area contributed by atoms with Crippen molar-refractivity contribution in [2.45, 2.75) is 13.2 Å². The van der Waals surface area contributed by atoms with Gasteiger partial charge in [0.25, 0.3) is 0 Å². The summed E-state index contributed by atoms with van der Waals surface area (Å²) >= 11 is 5.74. The molecule has 1 aromatic carbocycles. The van der Waals surface area contributed by atoms with E-state index in [1.54, 1.807) is 0 Å². The van der Waals surface area contributed by atoms with Gasteiger partial charge in [0.05, 0.1) is 13.7 Å². The summed E-state index contributed by atoms with van der Waals surface area (Å²) in [5, 5.41) is 12.1. The molecule has 2 aromatic rings. The third-order valence-electron chi connectivity index (χ3n) is 2.43. The van der Waals surface area contributed by atoms with Gasteiger partial charge in [0.2, 0.25) is 11.2 Å². The molecular weight excluding hydrogens is 268 g/mol. The molecule has 7 heteroatoms. The van der Waals surface area contributed by atoms with E-state index < -0.39 is 0 Å². The van der Waals surface area contributed by atoms with Crippen molar-refractivity contribution in [3.05, 3.63) is 40.7 Å². The standard InChI is InChI=1S/C12H13ClN4O2/c1-19-12-16-10(13)15-11(17-12)14-6-8-2-4-9(7-18)5-3-8/h2-5,18H,6-7H2,1H3,(H,14,15,16,17). The zero-order chi connectivity index (χ0) is 13.7. The average molecular weight is 281 g/mol. The number of rotatable bonds is 5. The lowest BCUT2D eigenvalue weighted by atomic mass is 10.1. The lowest BCUT2D eigenvalue weighted by Crippen LogP contribution is -2.06. The van der Waals surface area contributed by atoms with Crippen LogP contribution in [0.15, 0.2) is 24.3 Å². The molecule has 0 spiro atoms. The van der Waals surface area contributed by atoms with Crippen LogP contribution in [0, 0.1) is 0 Å². The van der Waals surface area contributed by atoms with Crippen molar-refractivity contribution in [2.75, 3.05) is 12.4 Å². The molecule has 0 aliphatic rings. The minimum Gasteiger partial charge on any atom is -0.467 e. The fourth-order valence-corrected chi connectivity index (χ4v) is 1.60. The minimum atomic E-state index is 0.0357. The molecule has 6 nitrogen and oxygen atoms in total. The monoisotopic (exact) mass is 280 g/mol. The zero-order valence-corrected chi connectivity index (χ0v) is 11.1. The fourth-order valence-electron chi connectivity index (χ4n) is 1.45. The number of hydrogen-bond acceptors (Lipinski definition) is 6. The van der Waals surface area contributed by atoms with E-state index in [-0.39, 0.29) is 17.9 Å². The first-order chi connectivity index (χ1) is 9.21. The van der Waals surface area contributed by atoms with Crippen LogP contribution in [-0.2, 0) is 13.2 Å². The second-order valence-corrected chi connectivity index (χ2v) is 4.08. The first kappa shape index (κ1) is 13.5. The first-order valence-electron chi connectivity index (χ1n) is 5.59. The maximum atomic E-state index is 8.95. The van der Waals surface area contributed by atoms with Gasteiger partial charge in [0.15, 0.2) is 0 Å². The molecule has 0 saturated heterocycles. The Bertz CT molecular complexity index is 548. The summed E-state index contributed by atoms with van der Waals surface area (Å²) in [4.78, 5) is 11.7. The van der Waals surface area contributed by atoms with E-state index in [4.69, 9.17) is 21.4 Å². The molecule has 100 valence electrons. The second kappa shape index (κ2) is 6.31. The summed E-state index contributed by atoms with van der Waals surface area (Å²) in [6.45, 7) is 0.573. The minimum absolute atomic E-state index is 0.0357. The molecule has 0 aliphatic carbocycles. The number of nitrogens with zero attached hydrogens (tertiary/aromatic N) is 3. The normalized spacial score (nSPS) is 10.3. The van der Waals surface area contributed by atoms with Crippen molar-refractivity contribution in [1.29, 1.82) is 0 Å². The van der Waals surface area contributed by atoms with E-state index in [0.717, 1.165) is 11.1 Å². The van der Waals surface area contributed by atoms with E-state index in [2.05, 4.69) is 20.3 Å². The van der Waals surface area contributed by atoms with Gasteiger partial charge in [-0.25, -0.2) is 0 Å². The van der Waals surface area contributed by atoms with E-state index in [1.165, 1.54) is 7.11 Å². The summed E-state index contributed by atoms with van der Waals surface area (Å²) in [7, 11) is 1.46. The van der Waals surface area contributed by atoms with Crippen LogP contribution in [0.4, 0.5) is 5.95 Å². The Morgan fingerprint density at radius 2 is 1.84 bits per heavy atom. The van der Waals surface area contributed by atoms with Gasteiger partial charge in [0.1, 0.15) is 0 Å². The lowest BCUT2D eigenvalue weighted by Gasteiger charge is -2.06. The molecule has 2 rings (SSSR count). The van der Waals surface area contributed by atoms with Crippen molar-refractivity contribution in [3.63, 3.8) is 0 Å². The number of aliphatic hydroxyl groups excluding tert-OH is 1. The molecule has 19 heavy (non-hydrogen) atoms. The highest BCUT2D eigenvalue weighted by Crippen LogP contribution is 2.12. The zero-order valence-electron chi connectivity index (χ0n) is 10.3. The molecule has 0 atom stereocenters. The van der Waals surface area contributed by atoms with Crippen molar-refractivity contribution in [2.24, 2.45) is 0 Å². The maximum Gasteiger partial charge on any atom is 0.322 e. The Hall–Kier alpha value is -1.92. The number of aliphatic hydroxyl groups is 1. The van der Waals surface area contributed by atoms with Crippen LogP contribution in [0.5, 0.6) is 6.01 Å². The Balaban J connectivity index is 2.03. The summed E-state index contributed by atoms with van der Waals surface area (Å²) < 4.78 is 4.90. The highest BCUT2D eigenvalue weighted by Gasteiger charge is 2.04. The van der Waals surface area contributed by atoms with E-state index in [1.807, 2.05) is 24.3 Å². The number of methoxy groups -OCH3 is 1. The molecular formula is C12H13ClN4O2. The molecule has 1 heterocycles. The largest absolute Gasteiger partial charge is 0.467 e. The van der Waals surface area contributed by atoms with Gasteiger partial charge in [-0.15, -0.1) is 0 Å². The van der Waals surface area contributed by atoms with Crippen molar-refractivity contribution < 1.29 is 9.84 Å². The van der Waals surface area contributed by atoms with Crippen molar-refractivity contribution in [1.82, 2.24) is 15.0 Å². The fraction of sp³-hybridized carbons (Fsp3) is 0.250. The van der Waals surface area contributed by atoms with Crippen molar-refractivity contribution >= 4 is 17.5 Å². The molecule has 0 bridgehead atoms. The number of aromatic nitrogens is 3. The molecule has 1 aromatic heterocycles. The third-order valence-corrected chi connectivity index (χ3v) is 2.60. The van der Waals surface area contributed by atoms with Gasteiger partial charge in [-0.05, 0) is 22.7 Å². The molecule has 0 amide bonds. The number of nitrogens with one attached hydrogen (secondary N) is 1. The first-order valence-corrected chi connectivity index (χ1v) is 5.97. The van der Waals surface area contributed by atoms with Crippen LogP contribution in [0.3, 0.4) is 0 Å². The van der Waals surface area contributed by atoms with Gasteiger partial charge in [0, 0.05) is 6.54 Å². The van der Waals surface area contributed by atoms with Gasteiger partial charge >= 0.3 is 6.01 Å². The maximum absolute atomic E-state index is 8.95. The van der Waals surface area contributed by atoms with Gasteiger partial charge in [-0.1, -0.05) is 24.3 Å². The summed E-state index contributed by atoms with van der Waals surface area (Å²) in [6, 6.07) is 7.71. The molecule has 0 saturated carbocycles. The quantitative estimate of drug-likeness (QED) is 0.867. The molecule has 0 aliphatic heterocycles. The predicted octanol–water partition coefficient (Wildman–Crippen LogP) is 1.64. The average Bonchev–Trinajstić information content (AvgIpc) is 2.45. The topological polar surface area (TPSA) is 80.2 Å². The van der Waals surface area contributed by atoms with Crippen LogP contribution in [0.1, 0.15) is 11.1 Å². The Kier molecular flexibility index (Phi) is 4.48. The van der Waals surface area contributed by atoms with Gasteiger partial charge < -0.3 is 15.2 Å². The van der Waals surface area contributed by atoms with Crippen LogP contribution < -0.4 is 10.1 Å². The van der Waals surface area contributed by atoms with Crippen molar-refractivity contribution in [3.8, 4) is 6.01 Å². The highest BCUT2D eigenvalue weighted by atomic mass is 35.5. The van der Waals surface area contributed by atoms with E-state index in [0.29, 0.717) is 12.5 Å². The summed E-state index contributed by atoms with van der Waals surface area (Å²) in [6.07, 6.45) is 0. The number of benzene rings is 1. The van der Waals surface area contributed by atoms with Crippen LogP contribution in [0.25, 0.3) is 0 Å². The number of hydrogen-bond donors (Lipinski definition) is 2. The number of halogens is 1. The second-order valence-electron chi connectivity index (χ2n) is 3.74. The number of anilines is 1. The van der Waals surface area contributed by atoms with E-state index in [9.17, 15) is 0 Å². The Labute approximate surface area is 115 Å². The van der Waals surface area contributed by atoms with Crippen LogP contribution in [0.2, 0.25) is 5.28 Å². The third kappa shape index (κ3) is 3.77. The number of ether oxygens (including phenoxy) is 1. The lowest BCUT2D eigenvalue weighted by molar-refractivity contribution is 0.282. The smallest absolute Gasteiger partial charge is 0.322 e. The highest BCUT2D eigenvalue weighted by molar-refractivity contribution is 6.28. The summed E-state index contributed by atoms with van der Waals surface area (Å²) in [5.74, 6) is 0.350.